The second-order valence-electron chi connectivity index (χ2n) is 12.9. The van der Waals surface area contributed by atoms with Gasteiger partial charge in [-0.1, -0.05) is 32.9 Å². The average molecular weight is 642 g/mol. The maximum absolute atomic E-state index is 12.9. The Hall–Kier alpha value is -3.52. The zero-order valence-corrected chi connectivity index (χ0v) is 27.1. The van der Waals surface area contributed by atoms with Crippen molar-refractivity contribution in [2.45, 2.75) is 51.0 Å². The Morgan fingerprint density at radius 3 is 2.62 bits per heavy atom. The van der Waals surface area contributed by atoms with Crippen molar-refractivity contribution in [1.82, 2.24) is 35.1 Å². The van der Waals surface area contributed by atoms with Gasteiger partial charge >= 0.3 is 6.03 Å². The van der Waals surface area contributed by atoms with Gasteiger partial charge in [0.1, 0.15) is 5.52 Å². The molecule has 4 heterocycles. The van der Waals surface area contributed by atoms with E-state index in [-0.39, 0.29) is 22.6 Å². The number of rotatable bonds is 11. The maximum atomic E-state index is 12.9. The van der Waals surface area contributed by atoms with Crippen LogP contribution in [0.4, 0.5) is 16.3 Å². The first-order valence-electron chi connectivity index (χ1n) is 15.6. The number of benzene rings is 1. The first-order chi connectivity index (χ1) is 21.5. The van der Waals surface area contributed by atoms with Crippen LogP contribution in [0.1, 0.15) is 45.6 Å². The summed E-state index contributed by atoms with van der Waals surface area (Å²) in [7, 11) is 0. The molecule has 0 spiro atoms. The van der Waals surface area contributed by atoms with Crippen LogP contribution in [0.15, 0.2) is 30.6 Å². The lowest BCUT2D eigenvalue weighted by Crippen LogP contribution is -2.47. The number of urea groups is 1. The number of hydrogen-bond donors (Lipinski definition) is 4. The summed E-state index contributed by atoms with van der Waals surface area (Å²) in [6.45, 7) is 11.6. The van der Waals surface area contributed by atoms with E-state index in [9.17, 15) is 14.7 Å². The smallest absolute Gasteiger partial charge is 0.319 e. The molecular weight excluding hydrogens is 598 g/mol. The number of aromatic amines is 1. The van der Waals surface area contributed by atoms with Crippen LogP contribution in [0.5, 0.6) is 0 Å². The van der Waals surface area contributed by atoms with E-state index >= 15 is 0 Å². The van der Waals surface area contributed by atoms with Crippen molar-refractivity contribution in [3.63, 3.8) is 0 Å². The number of carbonyl (C=O) groups excluding carboxylic acids is 2. The highest BCUT2D eigenvalue weighted by atomic mass is 35.5. The first-order valence-corrected chi connectivity index (χ1v) is 15.9. The number of carbonyl (C=O) groups is 2. The third-order valence-corrected chi connectivity index (χ3v) is 8.51. The van der Waals surface area contributed by atoms with Gasteiger partial charge in [0.05, 0.1) is 25.1 Å². The summed E-state index contributed by atoms with van der Waals surface area (Å²) in [5.74, 6) is 0.686. The van der Waals surface area contributed by atoms with Gasteiger partial charge in [0.15, 0.2) is 11.5 Å². The van der Waals surface area contributed by atoms with Crippen LogP contribution in [-0.4, -0.2) is 118 Å². The van der Waals surface area contributed by atoms with Crippen molar-refractivity contribution in [2.24, 2.45) is 0 Å². The van der Waals surface area contributed by atoms with Crippen molar-refractivity contribution in [1.29, 1.82) is 0 Å². The number of H-pyrrole nitrogens is 1. The third-order valence-electron chi connectivity index (χ3n) is 8.34. The van der Waals surface area contributed by atoms with Crippen LogP contribution in [0.25, 0.3) is 11.2 Å². The molecule has 1 unspecified atom stereocenters. The Kier molecular flexibility index (Phi) is 10.4. The Labute approximate surface area is 268 Å². The molecule has 0 aliphatic carbocycles. The SMILES string of the molecule is CC(C)(C)c1ccc(NC(=O)NCCCN(CCC(=O)N2CCOCC2)CC2(O)CCN(c3nc(Cl)nc4nc[nH]c34)C2)cc1. The highest BCUT2D eigenvalue weighted by Crippen LogP contribution is 2.31. The van der Waals surface area contributed by atoms with Gasteiger partial charge in [-0.05, 0) is 54.1 Å². The monoisotopic (exact) mass is 641 g/mol. The van der Waals surface area contributed by atoms with Crippen LogP contribution < -0.4 is 15.5 Å². The third kappa shape index (κ3) is 8.81. The highest BCUT2D eigenvalue weighted by Gasteiger charge is 2.39. The molecule has 2 aliphatic rings. The van der Waals surface area contributed by atoms with E-state index in [1.807, 2.05) is 34.1 Å². The molecule has 244 valence electrons. The van der Waals surface area contributed by atoms with Gasteiger partial charge in [0, 0.05) is 57.9 Å². The highest BCUT2D eigenvalue weighted by molar-refractivity contribution is 6.28. The van der Waals surface area contributed by atoms with Gasteiger partial charge < -0.3 is 35.3 Å². The number of nitrogens with zero attached hydrogens (tertiary/aromatic N) is 6. The van der Waals surface area contributed by atoms with Gasteiger partial charge in [-0.25, -0.2) is 9.78 Å². The van der Waals surface area contributed by atoms with E-state index in [1.54, 1.807) is 6.33 Å². The summed E-state index contributed by atoms with van der Waals surface area (Å²) in [4.78, 5) is 47.3. The van der Waals surface area contributed by atoms with E-state index < -0.39 is 5.60 Å². The maximum Gasteiger partial charge on any atom is 0.319 e. The van der Waals surface area contributed by atoms with E-state index in [0.29, 0.717) is 102 Å². The molecule has 45 heavy (non-hydrogen) atoms. The standard InChI is InChI=1S/C31H44ClN9O4/c1-30(2,3)22-5-7-23(8-6-22)36-29(43)33-11-4-12-39(13-9-24(42)40-15-17-45-18-16-40)19-31(44)10-14-41(20-31)27-25-26(35-21-34-25)37-28(32)38-27/h5-8,21,44H,4,9-20H2,1-3H3,(H2,33,36,43)(H,34,35,37,38). The molecule has 2 aliphatic heterocycles. The molecular formula is C31H44ClN9O4. The van der Waals surface area contributed by atoms with Crippen LogP contribution in [0, 0.1) is 0 Å². The number of morpholine rings is 1. The number of ether oxygens (including phenoxy) is 1. The minimum absolute atomic E-state index is 0.0409. The van der Waals surface area contributed by atoms with Crippen molar-refractivity contribution in [3.8, 4) is 0 Å². The summed E-state index contributed by atoms with van der Waals surface area (Å²) >= 11 is 6.16. The predicted molar refractivity (Wildman–Crippen MR) is 174 cm³/mol. The van der Waals surface area contributed by atoms with Gasteiger partial charge in [-0.3, -0.25) is 9.69 Å². The Morgan fingerprint density at radius 1 is 1.13 bits per heavy atom. The zero-order chi connectivity index (χ0) is 32.0. The number of fused-ring (bicyclic) bond motifs is 1. The van der Waals surface area contributed by atoms with E-state index in [1.165, 1.54) is 5.56 Å². The second kappa shape index (κ2) is 14.3. The van der Waals surface area contributed by atoms with E-state index in [0.717, 1.165) is 5.69 Å². The minimum atomic E-state index is -1.03. The lowest BCUT2D eigenvalue weighted by Gasteiger charge is -2.33. The normalized spacial score (nSPS) is 19.0. The molecule has 13 nitrogen and oxygen atoms in total. The fourth-order valence-corrected chi connectivity index (χ4v) is 5.99. The largest absolute Gasteiger partial charge is 0.387 e. The van der Waals surface area contributed by atoms with Crippen LogP contribution >= 0.6 is 11.6 Å². The van der Waals surface area contributed by atoms with E-state index in [4.69, 9.17) is 16.3 Å². The summed E-state index contributed by atoms with van der Waals surface area (Å²) in [5, 5.41) is 17.6. The van der Waals surface area contributed by atoms with Crippen LogP contribution in [0.2, 0.25) is 5.28 Å². The van der Waals surface area contributed by atoms with Crippen molar-refractivity contribution >= 4 is 46.2 Å². The molecule has 1 aromatic carbocycles. The number of hydrogen-bond acceptors (Lipinski definition) is 9. The fraction of sp³-hybridized carbons (Fsp3) is 0.581. The zero-order valence-electron chi connectivity index (χ0n) is 26.3. The summed E-state index contributed by atoms with van der Waals surface area (Å²) < 4.78 is 5.39. The van der Waals surface area contributed by atoms with Crippen molar-refractivity contribution in [3.05, 3.63) is 41.4 Å². The van der Waals surface area contributed by atoms with Gasteiger partial charge in [0.25, 0.3) is 0 Å². The van der Waals surface area contributed by atoms with Gasteiger partial charge in [-0.2, -0.15) is 9.97 Å². The molecule has 0 radical (unpaired) electrons. The van der Waals surface area contributed by atoms with Crippen LogP contribution in [0.3, 0.4) is 0 Å². The molecule has 2 aromatic heterocycles. The Balaban J connectivity index is 1.16. The molecule has 2 fully saturated rings. The fourth-order valence-electron chi connectivity index (χ4n) is 5.83. The summed E-state index contributed by atoms with van der Waals surface area (Å²) in [6.07, 6.45) is 3.06. The predicted octanol–water partition coefficient (Wildman–Crippen LogP) is 3.01. The first kappa shape index (κ1) is 32.9. The molecule has 5 rings (SSSR count). The molecule has 3 amide bonds. The lowest BCUT2D eigenvalue weighted by atomic mass is 9.87. The number of halogens is 1. The Bertz CT molecular complexity index is 1460. The molecule has 4 N–H and O–H groups in total. The number of aromatic nitrogens is 4. The lowest BCUT2D eigenvalue weighted by molar-refractivity contribution is -0.135. The molecule has 14 heteroatoms. The topological polar surface area (TPSA) is 152 Å². The molecule has 3 aromatic rings. The van der Waals surface area contributed by atoms with Gasteiger partial charge in [0.2, 0.25) is 11.2 Å². The van der Waals surface area contributed by atoms with E-state index in [2.05, 4.69) is 56.2 Å². The number of β-amino-alcohol motifs (C(OH)–C–C–N with tert-alkyl or cyclic N) is 1. The number of aliphatic hydroxyl groups is 1. The molecule has 2 saturated heterocycles. The summed E-state index contributed by atoms with van der Waals surface area (Å²) in [6, 6.07) is 7.60. The van der Waals surface area contributed by atoms with Crippen molar-refractivity contribution in [2.75, 3.05) is 75.8 Å². The van der Waals surface area contributed by atoms with Crippen LogP contribution in [-0.2, 0) is 14.9 Å². The summed E-state index contributed by atoms with van der Waals surface area (Å²) in [5.41, 5.74) is 2.08. The number of anilines is 2. The average Bonchev–Trinajstić information content (AvgIpc) is 3.64. The molecule has 0 bridgehead atoms. The second-order valence-corrected chi connectivity index (χ2v) is 13.2. The number of nitrogens with one attached hydrogen (secondary N) is 3. The Morgan fingerprint density at radius 2 is 1.89 bits per heavy atom. The minimum Gasteiger partial charge on any atom is -0.387 e. The number of amides is 3. The van der Waals surface area contributed by atoms with Crippen molar-refractivity contribution < 1.29 is 19.4 Å². The number of imidazole rings is 1. The molecule has 0 saturated carbocycles. The molecule has 1 atom stereocenters. The van der Waals surface area contributed by atoms with Gasteiger partial charge in [-0.15, -0.1) is 0 Å². The quantitative estimate of drug-likeness (QED) is 0.183.